The van der Waals surface area contributed by atoms with Gasteiger partial charge in [0.2, 0.25) is 0 Å². The Morgan fingerprint density at radius 2 is 1.78 bits per heavy atom. The maximum absolute atomic E-state index is 12.3. The van der Waals surface area contributed by atoms with Crippen molar-refractivity contribution in [2.75, 3.05) is 12.3 Å². The van der Waals surface area contributed by atoms with Crippen molar-refractivity contribution in [3.05, 3.63) is 77.9 Å². The van der Waals surface area contributed by atoms with Crippen LogP contribution in [0.2, 0.25) is 0 Å². The fraction of sp³-hybridized carbons (Fsp3) is 0.261. The summed E-state index contributed by atoms with van der Waals surface area (Å²) >= 11 is 1.82. The zero-order chi connectivity index (χ0) is 19.1. The molecule has 1 amide bonds. The molecule has 0 spiro atoms. The SMILES string of the molecule is Cc1ccccc1CSCCNC(=O)[C@@H](C)Oc1ccc2ccccc2c1. The van der Waals surface area contributed by atoms with Crippen molar-refractivity contribution in [2.24, 2.45) is 0 Å². The molecule has 27 heavy (non-hydrogen) atoms. The molecule has 140 valence electrons. The van der Waals surface area contributed by atoms with E-state index in [1.54, 1.807) is 6.92 Å². The van der Waals surface area contributed by atoms with E-state index in [9.17, 15) is 4.79 Å². The molecule has 0 saturated carbocycles. The Balaban J connectivity index is 1.41. The lowest BCUT2D eigenvalue weighted by molar-refractivity contribution is -0.127. The summed E-state index contributed by atoms with van der Waals surface area (Å²) in [5, 5.41) is 5.22. The maximum atomic E-state index is 12.3. The average Bonchev–Trinajstić information content (AvgIpc) is 2.68. The number of carbonyl (C=O) groups excluding carboxylic acids is 1. The number of thioether (sulfide) groups is 1. The largest absolute Gasteiger partial charge is 0.481 e. The first kappa shape index (κ1) is 19.3. The van der Waals surface area contributed by atoms with Crippen LogP contribution in [-0.2, 0) is 10.5 Å². The molecule has 0 radical (unpaired) electrons. The Bertz CT molecular complexity index is 910. The molecule has 0 aliphatic rings. The van der Waals surface area contributed by atoms with Crippen LogP contribution < -0.4 is 10.1 Å². The third-order valence-electron chi connectivity index (χ3n) is 4.47. The highest BCUT2D eigenvalue weighted by molar-refractivity contribution is 7.98. The van der Waals surface area contributed by atoms with E-state index in [-0.39, 0.29) is 5.91 Å². The van der Waals surface area contributed by atoms with E-state index in [4.69, 9.17) is 4.74 Å². The van der Waals surface area contributed by atoms with Gasteiger partial charge in [-0.1, -0.05) is 54.6 Å². The lowest BCUT2D eigenvalue weighted by atomic mass is 10.1. The normalized spacial score (nSPS) is 11.9. The number of amides is 1. The van der Waals surface area contributed by atoms with E-state index in [1.807, 2.05) is 48.2 Å². The Kier molecular flexibility index (Phi) is 6.77. The number of hydrogen-bond acceptors (Lipinski definition) is 3. The zero-order valence-electron chi connectivity index (χ0n) is 15.8. The van der Waals surface area contributed by atoms with Crippen LogP contribution >= 0.6 is 11.8 Å². The molecule has 0 aliphatic heterocycles. The number of rotatable bonds is 8. The molecule has 1 N–H and O–H groups in total. The number of benzene rings is 3. The molecule has 0 bridgehead atoms. The Morgan fingerprint density at radius 3 is 2.59 bits per heavy atom. The average molecular weight is 380 g/mol. The van der Waals surface area contributed by atoms with Gasteiger partial charge in [0.15, 0.2) is 6.10 Å². The van der Waals surface area contributed by atoms with Crippen LogP contribution in [0.1, 0.15) is 18.1 Å². The summed E-state index contributed by atoms with van der Waals surface area (Å²) in [6.45, 7) is 4.55. The topological polar surface area (TPSA) is 38.3 Å². The molecule has 3 nitrogen and oxygen atoms in total. The minimum Gasteiger partial charge on any atom is -0.481 e. The molecule has 1 atom stereocenters. The number of fused-ring (bicyclic) bond motifs is 1. The fourth-order valence-electron chi connectivity index (χ4n) is 2.84. The number of ether oxygens (including phenoxy) is 1. The van der Waals surface area contributed by atoms with Gasteiger partial charge in [-0.3, -0.25) is 4.79 Å². The predicted molar refractivity (Wildman–Crippen MR) is 114 cm³/mol. The summed E-state index contributed by atoms with van der Waals surface area (Å²) in [6.07, 6.45) is -0.521. The molecule has 3 rings (SSSR count). The zero-order valence-corrected chi connectivity index (χ0v) is 16.6. The third kappa shape index (κ3) is 5.51. The van der Waals surface area contributed by atoms with Crippen molar-refractivity contribution in [2.45, 2.75) is 25.7 Å². The molecule has 0 unspecified atom stereocenters. The molecule has 3 aromatic carbocycles. The van der Waals surface area contributed by atoms with Gasteiger partial charge in [-0.05, 0) is 47.9 Å². The Labute approximate surface area is 165 Å². The fourth-order valence-corrected chi connectivity index (χ4v) is 3.78. The first-order chi connectivity index (χ1) is 13.1. The number of nitrogens with one attached hydrogen (secondary N) is 1. The summed E-state index contributed by atoms with van der Waals surface area (Å²) in [5.74, 6) is 2.47. The Morgan fingerprint density at radius 1 is 1.04 bits per heavy atom. The van der Waals surface area contributed by atoms with Crippen molar-refractivity contribution in [1.82, 2.24) is 5.32 Å². The highest BCUT2D eigenvalue weighted by Crippen LogP contribution is 2.21. The molecule has 0 heterocycles. The molecule has 3 aromatic rings. The highest BCUT2D eigenvalue weighted by Gasteiger charge is 2.14. The van der Waals surface area contributed by atoms with Crippen LogP contribution in [0, 0.1) is 6.92 Å². The third-order valence-corrected chi connectivity index (χ3v) is 5.48. The van der Waals surface area contributed by atoms with Crippen molar-refractivity contribution in [3.63, 3.8) is 0 Å². The van der Waals surface area contributed by atoms with Gasteiger partial charge >= 0.3 is 0 Å². The molecule has 4 heteroatoms. The van der Waals surface area contributed by atoms with Gasteiger partial charge < -0.3 is 10.1 Å². The quantitative estimate of drug-likeness (QED) is 0.562. The van der Waals surface area contributed by atoms with Crippen LogP contribution in [0.25, 0.3) is 10.8 Å². The monoisotopic (exact) mass is 379 g/mol. The van der Waals surface area contributed by atoms with Crippen molar-refractivity contribution in [1.29, 1.82) is 0 Å². The van der Waals surface area contributed by atoms with E-state index in [0.717, 1.165) is 22.3 Å². The second kappa shape index (κ2) is 9.47. The summed E-state index contributed by atoms with van der Waals surface area (Å²) < 4.78 is 5.81. The van der Waals surface area contributed by atoms with Crippen LogP contribution in [0.5, 0.6) is 5.75 Å². The summed E-state index contributed by atoms with van der Waals surface area (Å²) in [5.41, 5.74) is 2.66. The predicted octanol–water partition coefficient (Wildman–Crippen LogP) is 4.97. The van der Waals surface area contributed by atoms with Gasteiger partial charge in [-0.25, -0.2) is 0 Å². The molecule has 0 aliphatic carbocycles. The molecule has 0 saturated heterocycles. The molecule has 0 aromatic heterocycles. The van der Waals surface area contributed by atoms with Gasteiger partial charge in [0.1, 0.15) is 5.75 Å². The minimum atomic E-state index is -0.521. The van der Waals surface area contributed by atoms with E-state index < -0.39 is 6.10 Å². The minimum absolute atomic E-state index is 0.0837. The summed E-state index contributed by atoms with van der Waals surface area (Å²) in [7, 11) is 0. The number of aryl methyl sites for hydroxylation is 1. The number of hydrogen-bond donors (Lipinski definition) is 1. The standard InChI is InChI=1S/C23H25NO2S/c1-17-7-3-4-10-21(17)16-27-14-13-24-23(25)18(2)26-22-12-11-19-8-5-6-9-20(19)15-22/h3-12,15,18H,13-14,16H2,1-2H3,(H,24,25)/t18-/m1/s1. The smallest absolute Gasteiger partial charge is 0.260 e. The summed E-state index contributed by atoms with van der Waals surface area (Å²) in [6, 6.07) is 22.4. The number of carbonyl (C=O) groups is 1. The molecule has 0 fully saturated rings. The lowest BCUT2D eigenvalue weighted by Crippen LogP contribution is -2.37. The summed E-state index contributed by atoms with van der Waals surface area (Å²) in [4.78, 5) is 12.3. The van der Waals surface area contributed by atoms with Crippen LogP contribution in [-0.4, -0.2) is 24.3 Å². The highest BCUT2D eigenvalue weighted by atomic mass is 32.2. The Hall–Kier alpha value is -2.46. The van der Waals surface area contributed by atoms with E-state index in [0.29, 0.717) is 12.3 Å². The second-order valence-corrected chi connectivity index (χ2v) is 7.64. The van der Waals surface area contributed by atoms with Gasteiger partial charge in [-0.15, -0.1) is 0 Å². The van der Waals surface area contributed by atoms with Gasteiger partial charge in [0.05, 0.1) is 0 Å². The van der Waals surface area contributed by atoms with Crippen LogP contribution in [0.15, 0.2) is 66.7 Å². The van der Waals surface area contributed by atoms with E-state index in [1.165, 1.54) is 11.1 Å². The lowest BCUT2D eigenvalue weighted by Gasteiger charge is -2.15. The van der Waals surface area contributed by atoms with Gasteiger partial charge in [-0.2, -0.15) is 11.8 Å². The van der Waals surface area contributed by atoms with Crippen molar-refractivity contribution in [3.8, 4) is 5.75 Å². The van der Waals surface area contributed by atoms with Crippen LogP contribution in [0.4, 0.5) is 0 Å². The first-order valence-corrected chi connectivity index (χ1v) is 10.3. The van der Waals surface area contributed by atoms with Crippen LogP contribution in [0.3, 0.4) is 0 Å². The first-order valence-electron chi connectivity index (χ1n) is 9.19. The van der Waals surface area contributed by atoms with Crippen molar-refractivity contribution < 1.29 is 9.53 Å². The second-order valence-electron chi connectivity index (χ2n) is 6.54. The van der Waals surface area contributed by atoms with Crippen molar-refractivity contribution >= 4 is 28.4 Å². The maximum Gasteiger partial charge on any atom is 0.260 e. The van der Waals surface area contributed by atoms with E-state index >= 15 is 0 Å². The molecular formula is C23H25NO2S. The van der Waals surface area contributed by atoms with E-state index in [2.05, 4.69) is 42.6 Å². The van der Waals surface area contributed by atoms with Gasteiger partial charge in [0.25, 0.3) is 5.91 Å². The van der Waals surface area contributed by atoms with Gasteiger partial charge in [0, 0.05) is 18.1 Å². The molecular weight excluding hydrogens is 354 g/mol.